The summed E-state index contributed by atoms with van der Waals surface area (Å²) < 4.78 is 28.7. The van der Waals surface area contributed by atoms with Crippen molar-refractivity contribution >= 4 is 42.6 Å². The van der Waals surface area contributed by atoms with Gasteiger partial charge in [-0.15, -0.1) is 0 Å². The van der Waals surface area contributed by atoms with E-state index in [1.165, 1.54) is 27.8 Å². The zero-order chi connectivity index (χ0) is 28.3. The van der Waals surface area contributed by atoms with Gasteiger partial charge < -0.3 is 0 Å². The molecule has 0 atom stereocenters. The van der Waals surface area contributed by atoms with Gasteiger partial charge in [0.15, 0.2) is 5.13 Å². The standard InChI is InChI=1S/C31H30N4O3S2/c1-22(2)27-13-9-14-28-29(27)33-31(39-28)35(21-25-12-7-8-19-32-25)30(36)24-15-17-26(18-16-24)40(37,38)34(3)20-23-10-5-4-6-11-23/h4-19,22H,20-21H2,1-3H3. The topological polar surface area (TPSA) is 83.5 Å². The summed E-state index contributed by atoms with van der Waals surface area (Å²) in [6, 6.07) is 27.2. The highest BCUT2D eigenvalue weighted by molar-refractivity contribution is 7.89. The highest BCUT2D eigenvalue weighted by Crippen LogP contribution is 2.34. The van der Waals surface area contributed by atoms with Gasteiger partial charge >= 0.3 is 0 Å². The monoisotopic (exact) mass is 570 g/mol. The number of para-hydroxylation sites is 1. The lowest BCUT2D eigenvalue weighted by atomic mass is 10.0. The van der Waals surface area contributed by atoms with Crippen molar-refractivity contribution in [1.29, 1.82) is 0 Å². The van der Waals surface area contributed by atoms with E-state index in [0.29, 0.717) is 10.7 Å². The van der Waals surface area contributed by atoms with Gasteiger partial charge in [0.05, 0.1) is 27.4 Å². The van der Waals surface area contributed by atoms with Crippen molar-refractivity contribution < 1.29 is 13.2 Å². The van der Waals surface area contributed by atoms with E-state index in [-0.39, 0.29) is 29.8 Å². The molecule has 0 radical (unpaired) electrons. The van der Waals surface area contributed by atoms with E-state index in [4.69, 9.17) is 4.98 Å². The minimum Gasteiger partial charge on any atom is -0.278 e. The molecule has 5 aromatic rings. The van der Waals surface area contributed by atoms with E-state index in [2.05, 4.69) is 24.9 Å². The lowest BCUT2D eigenvalue weighted by Gasteiger charge is -2.20. The largest absolute Gasteiger partial charge is 0.278 e. The Kier molecular flexibility index (Phi) is 8.07. The number of sulfonamides is 1. The van der Waals surface area contributed by atoms with Gasteiger partial charge in [0.25, 0.3) is 5.91 Å². The number of anilines is 1. The van der Waals surface area contributed by atoms with Crippen LogP contribution in [0.5, 0.6) is 0 Å². The van der Waals surface area contributed by atoms with Gasteiger partial charge in [0, 0.05) is 25.4 Å². The van der Waals surface area contributed by atoms with E-state index in [1.807, 2.05) is 60.7 Å². The molecule has 2 aromatic heterocycles. The second kappa shape index (κ2) is 11.7. The molecule has 5 rings (SSSR count). The Bertz CT molecular complexity index is 1720. The van der Waals surface area contributed by atoms with Crippen LogP contribution in [0.2, 0.25) is 0 Å². The van der Waals surface area contributed by atoms with E-state index in [9.17, 15) is 13.2 Å². The van der Waals surface area contributed by atoms with Crippen molar-refractivity contribution in [2.45, 2.75) is 37.8 Å². The van der Waals surface area contributed by atoms with Crippen molar-refractivity contribution in [3.63, 3.8) is 0 Å². The van der Waals surface area contributed by atoms with Gasteiger partial charge in [-0.25, -0.2) is 13.4 Å². The molecule has 0 aliphatic heterocycles. The third-order valence-corrected chi connectivity index (χ3v) is 9.50. The van der Waals surface area contributed by atoms with E-state index in [0.717, 1.165) is 27.0 Å². The second-order valence-electron chi connectivity index (χ2n) is 9.83. The van der Waals surface area contributed by atoms with Crippen molar-refractivity contribution in [2.75, 3.05) is 11.9 Å². The molecular weight excluding hydrogens is 541 g/mol. The van der Waals surface area contributed by atoms with Crippen LogP contribution in [0.4, 0.5) is 5.13 Å². The molecule has 7 nitrogen and oxygen atoms in total. The quantitative estimate of drug-likeness (QED) is 0.203. The van der Waals surface area contributed by atoms with Crippen LogP contribution in [0.3, 0.4) is 0 Å². The van der Waals surface area contributed by atoms with Crippen molar-refractivity contribution in [3.8, 4) is 0 Å². The molecule has 40 heavy (non-hydrogen) atoms. The summed E-state index contributed by atoms with van der Waals surface area (Å²) in [7, 11) is -2.19. The van der Waals surface area contributed by atoms with Crippen molar-refractivity contribution in [3.05, 3.63) is 120 Å². The van der Waals surface area contributed by atoms with E-state index in [1.54, 1.807) is 30.3 Å². The average molecular weight is 571 g/mol. The summed E-state index contributed by atoms with van der Waals surface area (Å²) in [4.78, 5) is 24.9. The van der Waals surface area contributed by atoms with Crippen LogP contribution >= 0.6 is 11.3 Å². The van der Waals surface area contributed by atoms with Gasteiger partial charge in [-0.1, -0.05) is 73.7 Å². The fourth-order valence-corrected chi connectivity index (χ4v) is 6.61. The highest BCUT2D eigenvalue weighted by Gasteiger charge is 2.25. The number of rotatable bonds is 9. The number of aromatic nitrogens is 2. The van der Waals surface area contributed by atoms with Crippen LogP contribution in [0.25, 0.3) is 10.2 Å². The molecule has 0 N–H and O–H groups in total. The van der Waals surface area contributed by atoms with Crippen LogP contribution in [-0.4, -0.2) is 35.6 Å². The molecule has 1 amide bonds. The Hall–Kier alpha value is -3.92. The Morgan fingerprint density at radius 2 is 1.60 bits per heavy atom. The predicted molar refractivity (Wildman–Crippen MR) is 160 cm³/mol. The van der Waals surface area contributed by atoms with Gasteiger partial charge in [-0.2, -0.15) is 4.31 Å². The molecule has 2 heterocycles. The number of thiazole rings is 1. The number of amides is 1. The number of carbonyl (C=O) groups excluding carboxylic acids is 1. The number of benzene rings is 3. The summed E-state index contributed by atoms with van der Waals surface area (Å²) in [5.74, 6) is 0.00509. The first-order chi connectivity index (χ1) is 19.2. The SMILES string of the molecule is CC(C)c1cccc2sc(N(Cc3ccccn3)C(=O)c3ccc(S(=O)(=O)N(C)Cc4ccccc4)cc3)nc12. The lowest BCUT2D eigenvalue weighted by molar-refractivity contribution is 0.0984. The molecule has 0 spiro atoms. The van der Waals surface area contributed by atoms with Crippen molar-refractivity contribution in [1.82, 2.24) is 14.3 Å². The molecule has 0 aliphatic rings. The molecule has 0 saturated carbocycles. The molecule has 0 unspecified atom stereocenters. The fraction of sp³-hybridized carbons (Fsp3) is 0.194. The number of nitrogens with zero attached hydrogens (tertiary/aromatic N) is 4. The van der Waals surface area contributed by atoms with Crippen LogP contribution < -0.4 is 4.90 Å². The Labute approximate surface area is 238 Å². The van der Waals surface area contributed by atoms with Gasteiger partial charge in [0.2, 0.25) is 10.0 Å². The first kappa shape index (κ1) is 27.6. The average Bonchev–Trinajstić information content (AvgIpc) is 3.41. The number of hydrogen-bond donors (Lipinski definition) is 0. The van der Waals surface area contributed by atoms with Crippen molar-refractivity contribution in [2.24, 2.45) is 0 Å². The smallest absolute Gasteiger partial charge is 0.260 e. The highest BCUT2D eigenvalue weighted by atomic mass is 32.2. The minimum absolute atomic E-state index is 0.125. The molecule has 0 saturated heterocycles. The Morgan fingerprint density at radius 1 is 0.875 bits per heavy atom. The summed E-state index contributed by atoms with van der Waals surface area (Å²) in [6.07, 6.45) is 1.69. The zero-order valence-corrected chi connectivity index (χ0v) is 24.2. The fourth-order valence-electron chi connectivity index (χ4n) is 4.45. The zero-order valence-electron chi connectivity index (χ0n) is 22.6. The number of fused-ring (bicyclic) bond motifs is 1. The lowest BCUT2D eigenvalue weighted by Crippen LogP contribution is -2.31. The molecule has 9 heteroatoms. The number of pyridine rings is 1. The first-order valence-corrected chi connectivity index (χ1v) is 15.2. The minimum atomic E-state index is -3.74. The van der Waals surface area contributed by atoms with E-state index < -0.39 is 10.0 Å². The summed E-state index contributed by atoms with van der Waals surface area (Å²) in [5, 5.41) is 0.568. The maximum atomic E-state index is 13.9. The second-order valence-corrected chi connectivity index (χ2v) is 12.9. The Balaban J connectivity index is 1.46. The molecule has 0 bridgehead atoms. The summed E-state index contributed by atoms with van der Waals surface area (Å²) in [5.41, 5.74) is 3.99. The van der Waals surface area contributed by atoms with Crippen LogP contribution in [0.1, 0.15) is 46.9 Å². The maximum absolute atomic E-state index is 13.9. The van der Waals surface area contributed by atoms with Gasteiger partial charge in [-0.05, 0) is 59.5 Å². The predicted octanol–water partition coefficient (Wildman–Crippen LogP) is 6.48. The maximum Gasteiger partial charge on any atom is 0.260 e. The summed E-state index contributed by atoms with van der Waals surface area (Å²) in [6.45, 7) is 4.73. The van der Waals surface area contributed by atoms with Gasteiger partial charge in [-0.3, -0.25) is 14.7 Å². The van der Waals surface area contributed by atoms with Crippen LogP contribution in [0, 0.1) is 0 Å². The van der Waals surface area contributed by atoms with Gasteiger partial charge in [0.1, 0.15) is 0 Å². The molecule has 3 aromatic carbocycles. The Morgan fingerprint density at radius 3 is 2.27 bits per heavy atom. The van der Waals surface area contributed by atoms with E-state index >= 15 is 0 Å². The molecular formula is C31H30N4O3S2. The third-order valence-electron chi connectivity index (χ3n) is 6.64. The number of carbonyl (C=O) groups is 1. The molecule has 204 valence electrons. The van der Waals surface area contributed by atoms with Crippen LogP contribution in [-0.2, 0) is 23.1 Å². The normalized spacial score (nSPS) is 11.8. The summed E-state index contributed by atoms with van der Waals surface area (Å²) >= 11 is 1.46. The van der Waals surface area contributed by atoms with Crippen LogP contribution in [0.15, 0.2) is 102 Å². The molecule has 0 aliphatic carbocycles. The third kappa shape index (κ3) is 5.82. The first-order valence-electron chi connectivity index (χ1n) is 13.0. The molecule has 0 fully saturated rings. The number of hydrogen-bond acceptors (Lipinski definition) is 6.